The van der Waals surface area contributed by atoms with Crippen LogP contribution in [-0.4, -0.2) is 61.4 Å². The number of aromatic nitrogens is 1. The number of carbonyl (C=O) groups excluding carboxylic acids is 1. The van der Waals surface area contributed by atoms with Crippen molar-refractivity contribution in [1.82, 2.24) is 9.88 Å². The van der Waals surface area contributed by atoms with E-state index in [2.05, 4.69) is 51.3 Å². The molecule has 0 spiro atoms. The van der Waals surface area contributed by atoms with Gasteiger partial charge in [-0.05, 0) is 44.3 Å². The van der Waals surface area contributed by atoms with E-state index in [1.165, 1.54) is 25.5 Å². The van der Waals surface area contributed by atoms with Gasteiger partial charge in [0.25, 0.3) is 0 Å². The van der Waals surface area contributed by atoms with Crippen molar-refractivity contribution in [2.45, 2.75) is 13.8 Å². The summed E-state index contributed by atoms with van der Waals surface area (Å²) in [7, 11) is 2.88. The Kier molecular flexibility index (Phi) is 6.53. The summed E-state index contributed by atoms with van der Waals surface area (Å²) in [6.07, 6.45) is 0. The summed E-state index contributed by atoms with van der Waals surface area (Å²) >= 11 is 5.60. The lowest BCUT2D eigenvalue weighted by atomic mass is 10.2. The van der Waals surface area contributed by atoms with Gasteiger partial charge in [0.2, 0.25) is 5.88 Å². The molecule has 1 saturated heterocycles. The molecule has 29 heavy (non-hydrogen) atoms. The number of ether oxygens (including phenoxy) is 2. The van der Waals surface area contributed by atoms with Crippen LogP contribution in [-0.2, 0) is 4.74 Å². The number of hydrogen-bond donors (Lipinski definition) is 1. The number of benzene rings is 1. The summed E-state index contributed by atoms with van der Waals surface area (Å²) in [4.78, 5) is 20.8. The monoisotopic (exact) mass is 414 g/mol. The molecule has 0 radical (unpaired) electrons. The van der Waals surface area contributed by atoms with Crippen LogP contribution in [0.4, 0.5) is 11.4 Å². The van der Waals surface area contributed by atoms with E-state index in [9.17, 15) is 4.79 Å². The quantitative estimate of drug-likeness (QED) is 0.605. The third-order valence-electron chi connectivity index (χ3n) is 4.98. The molecule has 0 bridgehead atoms. The molecule has 0 aliphatic carbocycles. The molecule has 0 unspecified atom stereocenters. The molecule has 1 aliphatic rings. The standard InChI is InChI=1S/C21H26N4O3S/c1-14-5-7-16(8-6-14)24-9-11-25(12-10-24)21(29)23-18-13-17(20(26)28-4)15(2)22-19(18)27-3/h5-8,13H,9-12H2,1-4H3,(H,23,29). The highest BCUT2D eigenvalue weighted by molar-refractivity contribution is 7.80. The minimum atomic E-state index is -0.446. The highest BCUT2D eigenvalue weighted by Crippen LogP contribution is 2.26. The van der Waals surface area contributed by atoms with Gasteiger partial charge in [-0.25, -0.2) is 9.78 Å². The van der Waals surface area contributed by atoms with Crippen molar-refractivity contribution in [3.05, 3.63) is 47.2 Å². The van der Waals surface area contributed by atoms with Crippen molar-refractivity contribution in [3.63, 3.8) is 0 Å². The number of anilines is 2. The topological polar surface area (TPSA) is 66.9 Å². The van der Waals surface area contributed by atoms with Crippen LogP contribution >= 0.6 is 12.2 Å². The second kappa shape index (κ2) is 9.09. The van der Waals surface area contributed by atoms with Crippen LogP contribution in [0.5, 0.6) is 5.88 Å². The number of piperazine rings is 1. The number of hydrogen-bond acceptors (Lipinski definition) is 6. The number of rotatable bonds is 4. The Hall–Kier alpha value is -2.87. The minimum absolute atomic E-state index is 0.378. The molecule has 0 atom stereocenters. The SMILES string of the molecule is COC(=O)c1cc(NC(=S)N2CCN(c3ccc(C)cc3)CC2)c(OC)nc1C. The maximum Gasteiger partial charge on any atom is 0.339 e. The summed E-state index contributed by atoms with van der Waals surface area (Å²) in [6.45, 7) is 7.17. The number of nitrogens with one attached hydrogen (secondary N) is 1. The molecule has 1 N–H and O–H groups in total. The fourth-order valence-corrected chi connectivity index (χ4v) is 3.56. The average molecular weight is 415 g/mol. The van der Waals surface area contributed by atoms with E-state index in [1.807, 2.05) is 0 Å². The summed E-state index contributed by atoms with van der Waals surface area (Å²) in [5, 5.41) is 3.76. The maximum absolute atomic E-state index is 12.0. The van der Waals surface area contributed by atoms with Gasteiger partial charge in [-0.1, -0.05) is 17.7 Å². The predicted molar refractivity (Wildman–Crippen MR) is 118 cm³/mol. The molecule has 7 nitrogen and oxygen atoms in total. The largest absolute Gasteiger partial charge is 0.480 e. The van der Waals surface area contributed by atoms with Crippen LogP contribution in [0.3, 0.4) is 0 Å². The lowest BCUT2D eigenvalue weighted by molar-refractivity contribution is 0.0599. The Labute approximate surface area is 176 Å². The first-order chi connectivity index (χ1) is 13.9. The van der Waals surface area contributed by atoms with E-state index in [0.717, 1.165) is 26.2 Å². The molecule has 1 aromatic heterocycles. The Balaban J connectivity index is 1.68. The third kappa shape index (κ3) is 4.76. The van der Waals surface area contributed by atoms with Gasteiger partial charge in [0.05, 0.1) is 25.5 Å². The average Bonchev–Trinajstić information content (AvgIpc) is 2.74. The molecule has 2 aromatic rings. The van der Waals surface area contributed by atoms with Crippen molar-refractivity contribution >= 4 is 34.7 Å². The van der Waals surface area contributed by atoms with E-state index < -0.39 is 5.97 Å². The lowest BCUT2D eigenvalue weighted by Crippen LogP contribution is -2.50. The predicted octanol–water partition coefficient (Wildman–Crippen LogP) is 3.01. The zero-order valence-electron chi connectivity index (χ0n) is 17.2. The number of carbonyl (C=O) groups is 1. The summed E-state index contributed by atoms with van der Waals surface area (Å²) < 4.78 is 10.2. The first-order valence-electron chi connectivity index (χ1n) is 9.44. The van der Waals surface area contributed by atoms with Crippen molar-refractivity contribution in [2.75, 3.05) is 50.6 Å². The van der Waals surface area contributed by atoms with Gasteiger partial charge >= 0.3 is 5.97 Å². The molecule has 1 fully saturated rings. The Morgan fingerprint density at radius 2 is 1.76 bits per heavy atom. The molecule has 1 aliphatic heterocycles. The first-order valence-corrected chi connectivity index (χ1v) is 9.85. The Morgan fingerprint density at radius 1 is 1.10 bits per heavy atom. The number of aryl methyl sites for hydroxylation is 2. The van der Waals surface area contributed by atoms with Gasteiger partial charge in [0.15, 0.2) is 5.11 Å². The van der Waals surface area contributed by atoms with E-state index >= 15 is 0 Å². The fraction of sp³-hybridized carbons (Fsp3) is 0.381. The number of esters is 1. The molecule has 3 rings (SSSR count). The Bertz CT molecular complexity index is 894. The number of thiocarbonyl (C=S) groups is 1. The molecule has 0 saturated carbocycles. The molecule has 8 heteroatoms. The van der Waals surface area contributed by atoms with Crippen molar-refractivity contribution in [1.29, 1.82) is 0 Å². The van der Waals surface area contributed by atoms with Gasteiger partial charge in [-0.2, -0.15) is 0 Å². The summed E-state index contributed by atoms with van der Waals surface area (Å²) in [6, 6.07) is 10.2. The van der Waals surface area contributed by atoms with Crippen LogP contribution in [0.25, 0.3) is 0 Å². The van der Waals surface area contributed by atoms with Gasteiger partial charge in [-0.15, -0.1) is 0 Å². The van der Waals surface area contributed by atoms with E-state index in [4.69, 9.17) is 21.7 Å². The zero-order chi connectivity index (χ0) is 21.0. The van der Waals surface area contributed by atoms with Gasteiger partial charge in [-0.3, -0.25) is 0 Å². The van der Waals surface area contributed by atoms with E-state index in [0.29, 0.717) is 27.9 Å². The second-order valence-corrected chi connectivity index (χ2v) is 7.30. The van der Waals surface area contributed by atoms with Crippen LogP contribution in [0.1, 0.15) is 21.6 Å². The fourth-order valence-electron chi connectivity index (χ4n) is 3.26. The van der Waals surface area contributed by atoms with Crippen LogP contribution < -0.4 is 15.0 Å². The van der Waals surface area contributed by atoms with Gasteiger partial charge < -0.3 is 24.6 Å². The molecular formula is C21H26N4O3S. The number of methoxy groups -OCH3 is 2. The maximum atomic E-state index is 12.0. The highest BCUT2D eigenvalue weighted by atomic mass is 32.1. The second-order valence-electron chi connectivity index (χ2n) is 6.91. The minimum Gasteiger partial charge on any atom is -0.480 e. The highest BCUT2D eigenvalue weighted by Gasteiger charge is 2.22. The number of nitrogens with zero attached hydrogens (tertiary/aromatic N) is 3. The summed E-state index contributed by atoms with van der Waals surface area (Å²) in [5.41, 5.74) is 3.94. The normalized spacial score (nSPS) is 13.8. The van der Waals surface area contributed by atoms with Gasteiger partial charge in [0, 0.05) is 31.9 Å². The molecule has 0 amide bonds. The van der Waals surface area contributed by atoms with Crippen LogP contribution in [0, 0.1) is 13.8 Å². The molecule has 1 aromatic carbocycles. The number of pyridine rings is 1. The molecule has 154 valence electrons. The van der Waals surface area contributed by atoms with Gasteiger partial charge in [0.1, 0.15) is 5.69 Å². The van der Waals surface area contributed by atoms with Crippen LogP contribution in [0.2, 0.25) is 0 Å². The molecule has 2 heterocycles. The van der Waals surface area contributed by atoms with Crippen molar-refractivity contribution in [2.24, 2.45) is 0 Å². The Morgan fingerprint density at radius 3 is 2.34 bits per heavy atom. The van der Waals surface area contributed by atoms with E-state index in [-0.39, 0.29) is 0 Å². The smallest absolute Gasteiger partial charge is 0.339 e. The van der Waals surface area contributed by atoms with Crippen molar-refractivity contribution in [3.8, 4) is 5.88 Å². The lowest BCUT2D eigenvalue weighted by Gasteiger charge is -2.37. The first kappa shape index (κ1) is 20.9. The third-order valence-corrected chi connectivity index (χ3v) is 5.34. The van der Waals surface area contributed by atoms with Crippen molar-refractivity contribution < 1.29 is 14.3 Å². The summed E-state index contributed by atoms with van der Waals surface area (Å²) in [5.74, 6) is -0.0610. The van der Waals surface area contributed by atoms with Crippen LogP contribution in [0.15, 0.2) is 30.3 Å². The van der Waals surface area contributed by atoms with E-state index in [1.54, 1.807) is 13.0 Å². The zero-order valence-corrected chi connectivity index (χ0v) is 18.0. The molecular weight excluding hydrogens is 388 g/mol.